The van der Waals surface area contributed by atoms with Crippen molar-refractivity contribution in [2.24, 2.45) is 0 Å². The maximum atomic E-state index is 12.6. The number of anilines is 1. The van der Waals surface area contributed by atoms with E-state index in [2.05, 4.69) is 15.3 Å². The molecule has 0 saturated carbocycles. The Morgan fingerprint density at radius 2 is 1.77 bits per heavy atom. The summed E-state index contributed by atoms with van der Waals surface area (Å²) >= 11 is 0. The third-order valence-electron chi connectivity index (χ3n) is 4.76. The molecule has 1 N–H and O–H groups in total. The van der Waals surface area contributed by atoms with Crippen LogP contribution in [-0.4, -0.2) is 73.7 Å². The number of nitrogens with one attached hydrogen (secondary N) is 1. The molecule has 10 heteroatoms. The molecule has 0 spiro atoms. The second kappa shape index (κ2) is 10.4. The predicted molar refractivity (Wildman–Crippen MR) is 114 cm³/mol. The second-order valence-corrected chi connectivity index (χ2v) is 8.91. The van der Waals surface area contributed by atoms with E-state index in [-0.39, 0.29) is 11.7 Å². The Balaban J connectivity index is 1.40. The summed E-state index contributed by atoms with van der Waals surface area (Å²) in [4.78, 5) is 22.6. The molecule has 0 aliphatic carbocycles. The van der Waals surface area contributed by atoms with Crippen molar-refractivity contribution in [1.29, 1.82) is 0 Å². The first-order valence-corrected chi connectivity index (χ1v) is 11.6. The third kappa shape index (κ3) is 5.90. The minimum Gasteiger partial charge on any atom is -0.494 e. The lowest BCUT2D eigenvalue weighted by Crippen LogP contribution is -2.49. The summed E-state index contributed by atoms with van der Waals surface area (Å²) in [6.07, 6.45) is 3.70. The summed E-state index contributed by atoms with van der Waals surface area (Å²) in [5.74, 6) is 1.09. The molecule has 1 aromatic carbocycles. The largest absolute Gasteiger partial charge is 0.494 e. The van der Waals surface area contributed by atoms with Gasteiger partial charge in [-0.25, -0.2) is 18.4 Å². The van der Waals surface area contributed by atoms with E-state index in [0.717, 1.165) is 0 Å². The summed E-state index contributed by atoms with van der Waals surface area (Å²) in [6.45, 7) is 4.66. The summed E-state index contributed by atoms with van der Waals surface area (Å²) in [5, 5.41) is 2.77. The van der Waals surface area contributed by atoms with E-state index in [1.165, 1.54) is 4.31 Å². The normalized spacial score (nSPS) is 15.0. The van der Waals surface area contributed by atoms with Gasteiger partial charge in [-0.2, -0.15) is 4.31 Å². The number of hydrogen-bond acceptors (Lipinski definition) is 7. The van der Waals surface area contributed by atoms with Gasteiger partial charge < -0.3 is 15.0 Å². The minimum atomic E-state index is -3.37. The number of hydrogen-bond donors (Lipinski definition) is 1. The zero-order valence-electron chi connectivity index (χ0n) is 17.0. The van der Waals surface area contributed by atoms with Gasteiger partial charge in [-0.1, -0.05) is 0 Å². The van der Waals surface area contributed by atoms with Crippen LogP contribution in [0.15, 0.2) is 42.7 Å². The van der Waals surface area contributed by atoms with Gasteiger partial charge in [0.05, 0.1) is 12.4 Å². The molecule has 2 aromatic rings. The molecule has 0 unspecified atom stereocenters. The summed E-state index contributed by atoms with van der Waals surface area (Å²) in [5.41, 5.74) is 0.514. The van der Waals surface area contributed by atoms with Crippen LogP contribution in [0, 0.1) is 0 Å². The number of rotatable bonds is 9. The molecule has 1 fully saturated rings. The average molecular weight is 434 g/mol. The fraction of sp³-hybridized carbons (Fsp3) is 0.450. The Morgan fingerprint density at radius 1 is 1.10 bits per heavy atom. The molecule has 1 amide bonds. The van der Waals surface area contributed by atoms with E-state index >= 15 is 0 Å². The SMILES string of the molecule is CCOc1ccc(C(=O)NCCCS(=O)(=O)N2CCN(c3ncccn3)CC2)cc1. The van der Waals surface area contributed by atoms with E-state index in [4.69, 9.17) is 4.74 Å². The van der Waals surface area contributed by atoms with Crippen molar-refractivity contribution in [2.45, 2.75) is 13.3 Å². The van der Waals surface area contributed by atoms with Crippen LogP contribution in [0.4, 0.5) is 5.95 Å². The van der Waals surface area contributed by atoms with Gasteiger partial charge in [0.25, 0.3) is 5.91 Å². The third-order valence-corrected chi connectivity index (χ3v) is 6.72. The molecule has 30 heavy (non-hydrogen) atoms. The first kappa shape index (κ1) is 22.0. The molecule has 162 valence electrons. The monoisotopic (exact) mass is 433 g/mol. The fourth-order valence-corrected chi connectivity index (χ4v) is 4.66. The van der Waals surface area contributed by atoms with E-state index in [0.29, 0.717) is 63.0 Å². The lowest BCUT2D eigenvalue weighted by Gasteiger charge is -2.33. The van der Waals surface area contributed by atoms with Crippen LogP contribution < -0.4 is 15.0 Å². The second-order valence-electron chi connectivity index (χ2n) is 6.82. The summed E-state index contributed by atoms with van der Waals surface area (Å²) in [6, 6.07) is 8.60. The predicted octanol–water partition coefficient (Wildman–Crippen LogP) is 1.15. The summed E-state index contributed by atoms with van der Waals surface area (Å²) in [7, 11) is -3.37. The number of benzene rings is 1. The molecular weight excluding hydrogens is 406 g/mol. The van der Waals surface area contributed by atoms with Crippen molar-refractivity contribution in [3.63, 3.8) is 0 Å². The van der Waals surface area contributed by atoms with Crippen LogP contribution in [0.25, 0.3) is 0 Å². The van der Waals surface area contributed by atoms with Gasteiger partial charge >= 0.3 is 0 Å². The van der Waals surface area contributed by atoms with Crippen molar-refractivity contribution in [1.82, 2.24) is 19.6 Å². The van der Waals surface area contributed by atoms with Gasteiger partial charge in [0.2, 0.25) is 16.0 Å². The summed E-state index contributed by atoms with van der Waals surface area (Å²) < 4.78 is 32.0. The molecular formula is C20H27N5O4S. The van der Waals surface area contributed by atoms with E-state index < -0.39 is 10.0 Å². The number of sulfonamides is 1. The molecule has 1 saturated heterocycles. The standard InChI is InChI=1S/C20H27N5O4S/c1-2-29-18-7-5-17(6-8-18)19(26)21-11-4-16-30(27,28)25-14-12-24(13-15-25)20-22-9-3-10-23-20/h3,5-10H,2,4,11-16H2,1H3,(H,21,26). The molecule has 0 atom stereocenters. The molecule has 2 heterocycles. The molecule has 0 radical (unpaired) electrons. The lowest BCUT2D eigenvalue weighted by atomic mass is 10.2. The Bertz CT molecular complexity index is 914. The number of nitrogens with zero attached hydrogens (tertiary/aromatic N) is 4. The number of piperazine rings is 1. The first-order valence-electron chi connectivity index (χ1n) is 10.0. The Kier molecular flexibility index (Phi) is 7.58. The van der Waals surface area contributed by atoms with Gasteiger partial charge in [0, 0.05) is 50.7 Å². The fourth-order valence-electron chi connectivity index (χ4n) is 3.18. The van der Waals surface area contributed by atoms with Crippen molar-refractivity contribution >= 4 is 21.9 Å². The molecule has 3 rings (SSSR count). The van der Waals surface area contributed by atoms with Crippen LogP contribution >= 0.6 is 0 Å². The zero-order valence-corrected chi connectivity index (χ0v) is 17.8. The molecule has 0 bridgehead atoms. The highest BCUT2D eigenvalue weighted by Crippen LogP contribution is 2.14. The maximum absolute atomic E-state index is 12.6. The van der Waals surface area contributed by atoms with Gasteiger partial charge in [0.1, 0.15) is 5.75 Å². The van der Waals surface area contributed by atoms with Crippen LogP contribution in [0.5, 0.6) is 5.75 Å². The van der Waals surface area contributed by atoms with Crippen LogP contribution in [-0.2, 0) is 10.0 Å². The molecule has 1 aromatic heterocycles. The Hall–Kier alpha value is -2.72. The first-order chi connectivity index (χ1) is 14.5. The average Bonchev–Trinajstić information content (AvgIpc) is 2.78. The smallest absolute Gasteiger partial charge is 0.251 e. The van der Waals surface area contributed by atoms with Gasteiger partial charge in [0.15, 0.2) is 0 Å². The number of ether oxygens (including phenoxy) is 1. The van der Waals surface area contributed by atoms with Crippen molar-refractivity contribution in [3.8, 4) is 5.75 Å². The van der Waals surface area contributed by atoms with E-state index in [9.17, 15) is 13.2 Å². The zero-order chi connectivity index (χ0) is 21.4. The van der Waals surface area contributed by atoms with Crippen LogP contribution in [0.3, 0.4) is 0 Å². The Labute approximate surface area is 177 Å². The Morgan fingerprint density at radius 3 is 2.40 bits per heavy atom. The van der Waals surface area contributed by atoms with Crippen molar-refractivity contribution < 1.29 is 17.9 Å². The van der Waals surface area contributed by atoms with Crippen LogP contribution in [0.2, 0.25) is 0 Å². The lowest BCUT2D eigenvalue weighted by molar-refractivity contribution is 0.0953. The van der Waals surface area contributed by atoms with E-state index in [1.807, 2.05) is 11.8 Å². The van der Waals surface area contributed by atoms with Crippen LogP contribution in [0.1, 0.15) is 23.7 Å². The number of aromatic nitrogens is 2. The number of amides is 1. The topological polar surface area (TPSA) is 105 Å². The highest BCUT2D eigenvalue weighted by atomic mass is 32.2. The van der Waals surface area contributed by atoms with E-state index in [1.54, 1.807) is 42.7 Å². The maximum Gasteiger partial charge on any atom is 0.251 e. The number of carbonyl (C=O) groups is 1. The number of carbonyl (C=O) groups excluding carboxylic acids is 1. The highest BCUT2D eigenvalue weighted by molar-refractivity contribution is 7.89. The minimum absolute atomic E-state index is 0.00159. The van der Waals surface area contributed by atoms with Gasteiger partial charge in [-0.3, -0.25) is 4.79 Å². The van der Waals surface area contributed by atoms with Crippen molar-refractivity contribution in [2.75, 3.05) is 50.0 Å². The van der Waals surface area contributed by atoms with Gasteiger partial charge in [-0.05, 0) is 43.7 Å². The highest BCUT2D eigenvalue weighted by Gasteiger charge is 2.27. The molecule has 1 aliphatic rings. The van der Waals surface area contributed by atoms with Gasteiger partial charge in [-0.15, -0.1) is 0 Å². The quantitative estimate of drug-likeness (QED) is 0.592. The molecule has 1 aliphatic heterocycles. The molecule has 9 nitrogen and oxygen atoms in total. The van der Waals surface area contributed by atoms with Crippen molar-refractivity contribution in [3.05, 3.63) is 48.3 Å².